The maximum absolute atomic E-state index is 13.2. The number of halogens is 2. The molecule has 0 aromatic heterocycles. The minimum absolute atomic E-state index is 0.0863. The Morgan fingerprint density at radius 3 is 2.72 bits per heavy atom. The topological polar surface area (TPSA) is 40.5 Å². The molecule has 1 atom stereocenters. The second kappa shape index (κ2) is 7.02. The van der Waals surface area contributed by atoms with E-state index in [1.165, 1.54) is 0 Å². The van der Waals surface area contributed by atoms with E-state index in [1.807, 2.05) is 0 Å². The first kappa shape index (κ1) is 15.3. The lowest BCUT2D eigenvalue weighted by molar-refractivity contribution is -0.141. The first-order valence-electron chi connectivity index (χ1n) is 6.70. The fourth-order valence-corrected chi connectivity index (χ4v) is 2.44. The Labute approximate surface area is 107 Å². The van der Waals surface area contributed by atoms with Crippen LogP contribution in [0.15, 0.2) is 0 Å². The molecule has 1 amide bonds. The SMILES string of the molecule is CN(CCCCCO)C(=O)C1CCCC(F)(F)C1. The minimum atomic E-state index is -2.67. The Kier molecular flexibility index (Phi) is 5.99. The maximum atomic E-state index is 13.2. The molecule has 1 rings (SSSR count). The smallest absolute Gasteiger partial charge is 0.248 e. The summed E-state index contributed by atoms with van der Waals surface area (Å²) in [6.45, 7) is 0.743. The summed E-state index contributed by atoms with van der Waals surface area (Å²) in [6, 6.07) is 0. The van der Waals surface area contributed by atoms with Gasteiger partial charge in [0.25, 0.3) is 0 Å². The molecule has 0 bridgehead atoms. The lowest BCUT2D eigenvalue weighted by Crippen LogP contribution is -2.39. The van der Waals surface area contributed by atoms with Gasteiger partial charge in [0.2, 0.25) is 11.8 Å². The zero-order chi connectivity index (χ0) is 13.6. The van der Waals surface area contributed by atoms with Crippen molar-refractivity contribution < 1.29 is 18.7 Å². The first-order valence-corrected chi connectivity index (χ1v) is 6.70. The predicted molar refractivity (Wildman–Crippen MR) is 65.5 cm³/mol. The molecule has 0 aromatic carbocycles. The van der Waals surface area contributed by atoms with Gasteiger partial charge in [0.15, 0.2) is 0 Å². The predicted octanol–water partition coefficient (Wildman–Crippen LogP) is 2.43. The van der Waals surface area contributed by atoms with Crippen molar-refractivity contribution in [1.82, 2.24) is 4.90 Å². The van der Waals surface area contributed by atoms with Crippen LogP contribution in [0.5, 0.6) is 0 Å². The monoisotopic (exact) mass is 263 g/mol. The van der Waals surface area contributed by atoms with Crippen LogP contribution in [0.2, 0.25) is 0 Å². The van der Waals surface area contributed by atoms with Crippen molar-refractivity contribution in [3.63, 3.8) is 0 Å². The third kappa shape index (κ3) is 4.88. The average Bonchev–Trinajstić information content (AvgIpc) is 2.32. The molecule has 1 fully saturated rings. The van der Waals surface area contributed by atoms with Crippen molar-refractivity contribution in [2.75, 3.05) is 20.2 Å². The standard InChI is InChI=1S/C13H23F2NO2/c1-16(8-3-2-4-9-17)12(18)11-6-5-7-13(14,15)10-11/h11,17H,2-10H2,1H3. The molecule has 5 heteroatoms. The summed E-state index contributed by atoms with van der Waals surface area (Å²) >= 11 is 0. The molecule has 1 N–H and O–H groups in total. The number of unbranched alkanes of at least 4 members (excludes halogenated alkanes) is 2. The number of amides is 1. The maximum Gasteiger partial charge on any atom is 0.248 e. The number of hydrogen-bond acceptors (Lipinski definition) is 2. The Bertz CT molecular complexity index is 272. The summed E-state index contributed by atoms with van der Waals surface area (Å²) in [4.78, 5) is 13.6. The number of nitrogens with zero attached hydrogens (tertiary/aromatic N) is 1. The highest BCUT2D eigenvalue weighted by Gasteiger charge is 2.39. The number of alkyl halides is 2. The number of aliphatic hydroxyl groups is 1. The molecular formula is C13H23F2NO2. The van der Waals surface area contributed by atoms with Crippen LogP contribution >= 0.6 is 0 Å². The number of carbonyl (C=O) groups is 1. The third-order valence-corrected chi connectivity index (χ3v) is 3.52. The first-order chi connectivity index (χ1) is 8.46. The Morgan fingerprint density at radius 1 is 1.39 bits per heavy atom. The van der Waals surface area contributed by atoms with E-state index in [1.54, 1.807) is 11.9 Å². The quantitative estimate of drug-likeness (QED) is 0.748. The summed E-state index contributed by atoms with van der Waals surface area (Å²) in [5, 5.41) is 8.64. The normalized spacial score (nSPS) is 22.8. The molecule has 0 spiro atoms. The summed E-state index contributed by atoms with van der Waals surface area (Å²) in [7, 11) is 1.67. The van der Waals surface area contributed by atoms with Gasteiger partial charge in [0.05, 0.1) is 0 Å². The highest BCUT2D eigenvalue weighted by molar-refractivity contribution is 5.78. The summed E-state index contributed by atoms with van der Waals surface area (Å²) in [5.41, 5.74) is 0. The largest absolute Gasteiger partial charge is 0.396 e. The van der Waals surface area contributed by atoms with Crippen molar-refractivity contribution in [2.24, 2.45) is 5.92 Å². The van der Waals surface area contributed by atoms with Crippen molar-refractivity contribution in [2.45, 2.75) is 50.9 Å². The van der Waals surface area contributed by atoms with Crippen molar-refractivity contribution in [3.05, 3.63) is 0 Å². The van der Waals surface area contributed by atoms with Gasteiger partial charge in [-0.2, -0.15) is 0 Å². The molecule has 0 heterocycles. The van der Waals surface area contributed by atoms with Crippen LogP contribution in [0, 0.1) is 5.92 Å². The van der Waals surface area contributed by atoms with Crippen molar-refractivity contribution in [3.8, 4) is 0 Å². The minimum Gasteiger partial charge on any atom is -0.396 e. The molecule has 0 radical (unpaired) electrons. The van der Waals surface area contributed by atoms with E-state index < -0.39 is 11.8 Å². The van der Waals surface area contributed by atoms with E-state index in [-0.39, 0.29) is 25.4 Å². The molecule has 0 aromatic rings. The molecule has 106 valence electrons. The molecule has 1 unspecified atom stereocenters. The van der Waals surface area contributed by atoms with Gasteiger partial charge < -0.3 is 10.0 Å². The van der Waals surface area contributed by atoms with E-state index in [2.05, 4.69) is 0 Å². The van der Waals surface area contributed by atoms with Crippen molar-refractivity contribution >= 4 is 5.91 Å². The molecular weight excluding hydrogens is 240 g/mol. The average molecular weight is 263 g/mol. The van der Waals surface area contributed by atoms with Crippen LogP contribution in [0.25, 0.3) is 0 Å². The molecule has 18 heavy (non-hydrogen) atoms. The van der Waals surface area contributed by atoms with E-state index in [0.29, 0.717) is 19.4 Å². The number of carbonyl (C=O) groups excluding carboxylic acids is 1. The number of aliphatic hydroxyl groups excluding tert-OH is 1. The lowest BCUT2D eigenvalue weighted by Gasteiger charge is -2.31. The van der Waals surface area contributed by atoms with Crippen LogP contribution in [-0.4, -0.2) is 42.0 Å². The van der Waals surface area contributed by atoms with Gasteiger partial charge in [-0.3, -0.25) is 4.79 Å². The zero-order valence-corrected chi connectivity index (χ0v) is 11.0. The zero-order valence-electron chi connectivity index (χ0n) is 11.0. The van der Waals surface area contributed by atoms with Gasteiger partial charge in [-0.05, 0) is 32.1 Å². The summed E-state index contributed by atoms with van der Waals surface area (Å²) in [6.07, 6.45) is 3.02. The fraction of sp³-hybridized carbons (Fsp3) is 0.923. The molecule has 0 aliphatic heterocycles. The van der Waals surface area contributed by atoms with Gasteiger partial charge in [-0.1, -0.05) is 0 Å². The molecule has 1 saturated carbocycles. The van der Waals surface area contributed by atoms with E-state index in [4.69, 9.17) is 5.11 Å². The number of rotatable bonds is 6. The van der Waals surface area contributed by atoms with Gasteiger partial charge >= 0.3 is 0 Å². The van der Waals surface area contributed by atoms with Gasteiger partial charge in [0.1, 0.15) is 0 Å². The van der Waals surface area contributed by atoms with Crippen LogP contribution in [-0.2, 0) is 4.79 Å². The van der Waals surface area contributed by atoms with Crippen molar-refractivity contribution in [1.29, 1.82) is 0 Å². The Morgan fingerprint density at radius 2 is 2.11 bits per heavy atom. The van der Waals surface area contributed by atoms with Crippen LogP contribution in [0.3, 0.4) is 0 Å². The Hall–Kier alpha value is -0.710. The van der Waals surface area contributed by atoms with Crippen LogP contribution < -0.4 is 0 Å². The number of hydrogen-bond donors (Lipinski definition) is 1. The van der Waals surface area contributed by atoms with Gasteiger partial charge in [-0.25, -0.2) is 8.78 Å². The third-order valence-electron chi connectivity index (χ3n) is 3.52. The molecule has 1 aliphatic rings. The van der Waals surface area contributed by atoms with E-state index >= 15 is 0 Å². The highest BCUT2D eigenvalue weighted by atomic mass is 19.3. The molecule has 3 nitrogen and oxygen atoms in total. The second-order valence-electron chi connectivity index (χ2n) is 5.19. The van der Waals surface area contributed by atoms with E-state index in [0.717, 1.165) is 19.3 Å². The Balaban J connectivity index is 2.34. The van der Waals surface area contributed by atoms with Gasteiger partial charge in [-0.15, -0.1) is 0 Å². The van der Waals surface area contributed by atoms with E-state index in [9.17, 15) is 13.6 Å². The summed E-state index contributed by atoms with van der Waals surface area (Å²) in [5.74, 6) is -3.34. The lowest BCUT2D eigenvalue weighted by atomic mass is 9.85. The van der Waals surface area contributed by atoms with Crippen LogP contribution in [0.1, 0.15) is 44.9 Å². The second-order valence-corrected chi connectivity index (χ2v) is 5.19. The highest BCUT2D eigenvalue weighted by Crippen LogP contribution is 2.37. The van der Waals surface area contributed by atoms with Crippen LogP contribution in [0.4, 0.5) is 8.78 Å². The van der Waals surface area contributed by atoms with Gasteiger partial charge in [0, 0.05) is 39.0 Å². The summed E-state index contributed by atoms with van der Waals surface area (Å²) < 4.78 is 26.5. The fourth-order valence-electron chi connectivity index (χ4n) is 2.44. The molecule has 1 aliphatic carbocycles. The molecule has 0 saturated heterocycles.